The van der Waals surface area contributed by atoms with E-state index >= 15 is 8.78 Å². The zero-order valence-electron chi connectivity index (χ0n) is 24.8. The van der Waals surface area contributed by atoms with Crippen molar-refractivity contribution in [1.82, 2.24) is 9.72 Å². The van der Waals surface area contributed by atoms with Gasteiger partial charge in [-0.2, -0.15) is 13.2 Å². The quantitative estimate of drug-likeness (QED) is 0.160. The molecule has 15 heteroatoms. The third kappa shape index (κ3) is 5.79. The van der Waals surface area contributed by atoms with Gasteiger partial charge in [-0.25, -0.2) is 21.5 Å². The number of ether oxygens (including phenoxy) is 2. The molecule has 0 spiro atoms. The number of alkyl halides is 3. The average molecular weight is 676 g/mol. The summed E-state index contributed by atoms with van der Waals surface area (Å²) in [4.78, 5) is 12.4. The molecule has 0 saturated heterocycles. The highest BCUT2D eigenvalue weighted by Gasteiger charge is 2.48. The second-order valence-corrected chi connectivity index (χ2v) is 12.8. The van der Waals surface area contributed by atoms with Crippen molar-refractivity contribution in [2.45, 2.75) is 36.4 Å². The first-order valence-electron chi connectivity index (χ1n) is 14.2. The van der Waals surface area contributed by atoms with Crippen LogP contribution in [0.3, 0.4) is 0 Å². The van der Waals surface area contributed by atoms with E-state index in [-0.39, 0.29) is 53.1 Å². The Balaban J connectivity index is 1.42. The van der Waals surface area contributed by atoms with E-state index in [9.17, 15) is 26.4 Å². The molecular formula is C32H26F5N3O6S. The summed E-state index contributed by atoms with van der Waals surface area (Å²) in [6.07, 6.45) is -3.79. The van der Waals surface area contributed by atoms with Gasteiger partial charge in [-0.15, -0.1) is 0 Å². The van der Waals surface area contributed by atoms with E-state index in [1.807, 2.05) is 0 Å². The van der Waals surface area contributed by atoms with Crippen molar-refractivity contribution in [3.63, 3.8) is 0 Å². The van der Waals surface area contributed by atoms with Crippen LogP contribution in [0.2, 0.25) is 0 Å². The van der Waals surface area contributed by atoms with E-state index in [0.29, 0.717) is 11.3 Å². The Morgan fingerprint density at radius 1 is 0.979 bits per heavy atom. The van der Waals surface area contributed by atoms with Crippen molar-refractivity contribution in [3.8, 4) is 17.2 Å². The lowest BCUT2D eigenvalue weighted by atomic mass is 9.71. The topological polar surface area (TPSA) is 104 Å². The van der Waals surface area contributed by atoms with E-state index in [2.05, 4.69) is 5.16 Å². The third-order valence-corrected chi connectivity index (χ3v) is 10.1. The Morgan fingerprint density at radius 2 is 1.70 bits per heavy atom. The van der Waals surface area contributed by atoms with E-state index in [4.69, 9.17) is 14.0 Å². The van der Waals surface area contributed by atoms with E-state index in [1.165, 1.54) is 38.7 Å². The molecule has 9 nitrogen and oxygen atoms in total. The van der Waals surface area contributed by atoms with Crippen LogP contribution in [0.1, 0.15) is 29.9 Å². The van der Waals surface area contributed by atoms with Gasteiger partial charge in [0.15, 0.2) is 11.6 Å². The molecule has 0 radical (unpaired) electrons. The molecule has 1 aliphatic rings. The summed E-state index contributed by atoms with van der Waals surface area (Å²) in [5, 5.41) is 3.46. The maximum absolute atomic E-state index is 16.3. The van der Waals surface area contributed by atoms with Gasteiger partial charge in [0.2, 0.25) is 0 Å². The SMILES string of the molecule is COc1ccc(CN(c2ccon2)S(=O)(=O)c2ccc3c(ccc(=O)n3-c3cc(F)c(C4CC(C(F)(F)F)C4)cc3OC)c2F)cc1. The van der Waals surface area contributed by atoms with Crippen LogP contribution in [0.15, 0.2) is 87.2 Å². The zero-order chi connectivity index (χ0) is 33.7. The second kappa shape index (κ2) is 12.0. The highest BCUT2D eigenvalue weighted by molar-refractivity contribution is 7.92. The Kier molecular flexibility index (Phi) is 8.20. The summed E-state index contributed by atoms with van der Waals surface area (Å²) >= 11 is 0. The molecule has 1 fully saturated rings. The number of nitrogens with zero attached hydrogens (tertiary/aromatic N) is 3. The van der Waals surface area contributed by atoms with Crippen molar-refractivity contribution in [2.24, 2.45) is 5.92 Å². The van der Waals surface area contributed by atoms with Gasteiger partial charge in [-0.05, 0) is 66.3 Å². The van der Waals surface area contributed by atoms with E-state index < -0.39 is 50.1 Å². The number of hydrogen-bond acceptors (Lipinski definition) is 7. The first kappa shape index (κ1) is 32.0. The highest BCUT2D eigenvalue weighted by atomic mass is 32.2. The van der Waals surface area contributed by atoms with Crippen LogP contribution in [0.5, 0.6) is 11.5 Å². The monoisotopic (exact) mass is 675 g/mol. The van der Waals surface area contributed by atoms with E-state index in [0.717, 1.165) is 33.1 Å². The number of methoxy groups -OCH3 is 2. The lowest BCUT2D eigenvalue weighted by molar-refractivity contribution is -0.197. The van der Waals surface area contributed by atoms with Crippen molar-refractivity contribution >= 4 is 26.7 Å². The molecule has 0 aliphatic heterocycles. The normalized spacial score (nSPS) is 16.6. The lowest BCUT2D eigenvalue weighted by Crippen LogP contribution is -2.34. The summed E-state index contributed by atoms with van der Waals surface area (Å²) in [5.41, 5.74) is -0.440. The van der Waals surface area contributed by atoms with Gasteiger partial charge in [0.1, 0.15) is 28.5 Å². The van der Waals surface area contributed by atoms with Gasteiger partial charge >= 0.3 is 6.18 Å². The van der Waals surface area contributed by atoms with Crippen LogP contribution in [0, 0.1) is 17.6 Å². The Bertz CT molecular complexity index is 2110. The predicted molar refractivity (Wildman–Crippen MR) is 160 cm³/mol. The molecule has 5 aromatic rings. The standard InChI is InChI=1S/C32H26F5N3O6S/c1-44-21-5-3-18(4-6-21)17-39(29-11-12-46-38-29)47(42,43)28-9-8-25-22(31(28)34)7-10-30(41)40(25)26-16-24(33)23(15-27(26)45-2)19-13-20(14-19)32(35,36)37/h3-12,15-16,19-20H,13-14,17H2,1-2H3. The minimum atomic E-state index is -4.64. The van der Waals surface area contributed by atoms with Gasteiger partial charge < -0.3 is 14.0 Å². The van der Waals surface area contributed by atoms with Crippen LogP contribution >= 0.6 is 0 Å². The number of sulfonamides is 1. The molecule has 0 unspecified atom stereocenters. The fourth-order valence-electron chi connectivity index (χ4n) is 5.70. The number of benzene rings is 3. The van der Waals surface area contributed by atoms with E-state index in [1.54, 1.807) is 24.3 Å². The maximum atomic E-state index is 16.3. The molecule has 0 bridgehead atoms. The predicted octanol–water partition coefficient (Wildman–Crippen LogP) is 6.73. The van der Waals surface area contributed by atoms with Crippen LogP contribution in [0.4, 0.5) is 27.8 Å². The molecule has 47 heavy (non-hydrogen) atoms. The van der Waals surface area contributed by atoms with Crippen LogP contribution in [-0.4, -0.2) is 38.5 Å². The number of fused-ring (bicyclic) bond motifs is 1. The fraction of sp³-hybridized carbons (Fsp3) is 0.250. The van der Waals surface area contributed by atoms with Gasteiger partial charge in [-0.1, -0.05) is 17.3 Å². The molecule has 0 N–H and O–H groups in total. The number of halogens is 5. The van der Waals surface area contributed by atoms with Crippen molar-refractivity contribution in [2.75, 3.05) is 18.5 Å². The van der Waals surface area contributed by atoms with Gasteiger partial charge in [0.25, 0.3) is 15.6 Å². The third-order valence-electron chi connectivity index (χ3n) is 8.29. The molecule has 2 aromatic heterocycles. The maximum Gasteiger partial charge on any atom is 0.391 e. The summed E-state index contributed by atoms with van der Waals surface area (Å²) < 4.78 is 116. The largest absolute Gasteiger partial charge is 0.497 e. The molecule has 246 valence electrons. The van der Waals surface area contributed by atoms with Crippen molar-refractivity contribution in [3.05, 3.63) is 106 Å². The minimum Gasteiger partial charge on any atom is -0.497 e. The second-order valence-electron chi connectivity index (χ2n) is 11.0. The summed E-state index contributed by atoms with van der Waals surface area (Å²) in [5.74, 6) is -3.91. The lowest BCUT2D eigenvalue weighted by Gasteiger charge is -2.37. The molecule has 6 rings (SSSR count). The molecule has 3 aromatic carbocycles. The summed E-state index contributed by atoms with van der Waals surface area (Å²) in [6.45, 7) is -0.247. The fourth-order valence-corrected chi connectivity index (χ4v) is 7.17. The minimum absolute atomic E-state index is 0.00348. The first-order chi connectivity index (χ1) is 22.3. The van der Waals surface area contributed by atoms with Gasteiger partial charge in [-0.3, -0.25) is 9.36 Å². The van der Waals surface area contributed by atoms with Gasteiger partial charge in [0.05, 0.1) is 37.9 Å². The Hall–Kier alpha value is -4.92. The van der Waals surface area contributed by atoms with Crippen LogP contribution in [0.25, 0.3) is 16.6 Å². The number of anilines is 1. The van der Waals surface area contributed by atoms with Crippen molar-refractivity contribution < 1.29 is 44.4 Å². The smallest absolute Gasteiger partial charge is 0.391 e. The molecule has 1 saturated carbocycles. The number of hydrogen-bond donors (Lipinski definition) is 0. The average Bonchev–Trinajstić information content (AvgIpc) is 3.54. The summed E-state index contributed by atoms with van der Waals surface area (Å²) in [6, 6.07) is 14.3. The number of aromatic nitrogens is 2. The molecule has 0 atom stereocenters. The van der Waals surface area contributed by atoms with Crippen LogP contribution in [-0.2, 0) is 16.6 Å². The zero-order valence-corrected chi connectivity index (χ0v) is 25.6. The molecule has 0 amide bonds. The number of pyridine rings is 1. The number of rotatable bonds is 9. The summed E-state index contributed by atoms with van der Waals surface area (Å²) in [7, 11) is -1.92. The highest BCUT2D eigenvalue weighted by Crippen LogP contribution is 2.51. The van der Waals surface area contributed by atoms with Crippen molar-refractivity contribution in [1.29, 1.82) is 0 Å². The Morgan fingerprint density at radius 3 is 2.32 bits per heavy atom. The molecule has 1 aliphatic carbocycles. The van der Waals surface area contributed by atoms with Gasteiger partial charge in [0, 0.05) is 23.6 Å². The first-order valence-corrected chi connectivity index (χ1v) is 15.6. The molecule has 2 heterocycles. The molecular weight excluding hydrogens is 649 g/mol. The Labute approximate surface area is 264 Å². The van der Waals surface area contributed by atoms with Crippen LogP contribution < -0.4 is 19.3 Å².